The summed E-state index contributed by atoms with van der Waals surface area (Å²) in [5.74, 6) is -2.75. The Morgan fingerprint density at radius 1 is 0.889 bits per heavy atom. The monoisotopic (exact) mass is 501 g/mol. The summed E-state index contributed by atoms with van der Waals surface area (Å²) in [5, 5.41) is 6.39. The van der Waals surface area contributed by atoms with Gasteiger partial charge in [0.1, 0.15) is 11.5 Å². The van der Waals surface area contributed by atoms with E-state index in [0.717, 1.165) is 10.9 Å². The minimum Gasteiger partial charge on any atom is -0.343 e. The van der Waals surface area contributed by atoms with E-state index in [1.807, 2.05) is 54.6 Å². The fourth-order valence-corrected chi connectivity index (χ4v) is 5.96. The molecule has 0 bridgehead atoms. The van der Waals surface area contributed by atoms with Crippen LogP contribution in [0.15, 0.2) is 97.1 Å². The molecule has 184 valence electrons. The van der Waals surface area contributed by atoms with Gasteiger partial charge in [0, 0.05) is 29.6 Å². The second-order valence-electron chi connectivity index (χ2n) is 8.76. The third-order valence-corrected chi connectivity index (χ3v) is 8.27. The van der Waals surface area contributed by atoms with Gasteiger partial charge in [0.2, 0.25) is 13.3 Å². The van der Waals surface area contributed by atoms with E-state index in [1.165, 1.54) is 0 Å². The van der Waals surface area contributed by atoms with Crippen molar-refractivity contribution in [3.05, 3.63) is 108 Å². The first kappa shape index (κ1) is 25.3. The van der Waals surface area contributed by atoms with Crippen LogP contribution in [0.25, 0.3) is 10.9 Å². The molecule has 0 fully saturated rings. The molecule has 3 aromatic carbocycles. The first-order chi connectivity index (χ1) is 17.3. The van der Waals surface area contributed by atoms with Gasteiger partial charge in [-0.1, -0.05) is 79.7 Å². The van der Waals surface area contributed by atoms with Crippen LogP contribution in [0.1, 0.15) is 23.0 Å². The van der Waals surface area contributed by atoms with Crippen molar-refractivity contribution in [3.63, 3.8) is 0 Å². The number of carbonyl (C=O) groups excluding carboxylic acids is 2. The number of para-hydroxylation sites is 2. The molecule has 4 aromatic rings. The molecule has 0 saturated heterocycles. The molecule has 3 N–H and O–H groups in total. The summed E-state index contributed by atoms with van der Waals surface area (Å²) >= 11 is 0. The van der Waals surface area contributed by atoms with Crippen molar-refractivity contribution >= 4 is 35.8 Å². The zero-order chi connectivity index (χ0) is 25.5. The Hall–Kier alpha value is -3.80. The Kier molecular flexibility index (Phi) is 7.93. The number of aromatic nitrogens is 1. The van der Waals surface area contributed by atoms with Gasteiger partial charge in [-0.05, 0) is 29.8 Å². The van der Waals surface area contributed by atoms with E-state index in [2.05, 4.69) is 15.6 Å². The van der Waals surface area contributed by atoms with Crippen LogP contribution in [-0.2, 0) is 15.8 Å². The second kappa shape index (κ2) is 11.3. The molecule has 0 spiro atoms. The fraction of sp³-hybridized carbons (Fsp3) is 0.179. The van der Waals surface area contributed by atoms with E-state index in [1.54, 1.807) is 49.4 Å². The summed E-state index contributed by atoms with van der Waals surface area (Å²) in [6, 6.07) is 28.9. The normalized spacial score (nSPS) is 14.4. The van der Waals surface area contributed by atoms with Crippen molar-refractivity contribution in [3.8, 4) is 0 Å². The third-order valence-electron chi connectivity index (χ3n) is 5.91. The fourth-order valence-electron chi connectivity index (χ4n) is 3.94. The third kappa shape index (κ3) is 6.45. The van der Waals surface area contributed by atoms with Crippen LogP contribution in [0.3, 0.4) is 0 Å². The average Bonchev–Trinajstić information content (AvgIpc) is 2.89. The lowest BCUT2D eigenvalue weighted by molar-refractivity contribution is -0.118. The molecule has 0 aliphatic rings. The minimum absolute atomic E-state index is 0.140. The highest BCUT2D eigenvalue weighted by Gasteiger charge is 2.36. The number of benzene rings is 3. The predicted octanol–water partition coefficient (Wildman–Crippen LogP) is 5.08. The van der Waals surface area contributed by atoms with Gasteiger partial charge in [0.15, 0.2) is 0 Å². The summed E-state index contributed by atoms with van der Waals surface area (Å²) in [4.78, 5) is 41.3. The number of nitrogens with zero attached hydrogens (tertiary/aromatic N) is 1. The lowest BCUT2D eigenvalue weighted by atomic mass is 10.1. The molecule has 3 atom stereocenters. The molecule has 1 aromatic heterocycles. The number of hydrogen-bond acceptors (Lipinski definition) is 4. The van der Waals surface area contributed by atoms with Gasteiger partial charge in [-0.2, -0.15) is 0 Å². The Morgan fingerprint density at radius 2 is 1.53 bits per heavy atom. The number of pyridine rings is 1. The Bertz CT molecular complexity index is 1400. The van der Waals surface area contributed by atoms with Crippen LogP contribution in [0, 0.1) is 5.92 Å². The molecule has 0 saturated carbocycles. The summed E-state index contributed by atoms with van der Waals surface area (Å²) < 4.78 is 13.6. The van der Waals surface area contributed by atoms with Crippen LogP contribution >= 0.6 is 7.37 Å². The standard InChI is InChI=1S/C28H28N3O4P/c1-20(27(32)29-23-13-6-3-7-14-23)19-36(34,35)26(18-21-10-4-2-5-11-21)31-28(33)25-17-16-22-12-8-9-15-24(22)30-25/h2-17,20,26H,18-19H2,1H3,(H,29,32)(H,31,33)(H,34,35). The number of nitrogens with one attached hydrogen (secondary N) is 2. The first-order valence-corrected chi connectivity index (χ1v) is 13.6. The Balaban J connectivity index is 1.53. The average molecular weight is 502 g/mol. The van der Waals surface area contributed by atoms with Crippen molar-refractivity contribution in [1.82, 2.24) is 10.3 Å². The molecule has 0 aliphatic heterocycles. The highest BCUT2D eigenvalue weighted by atomic mass is 31.2. The van der Waals surface area contributed by atoms with Crippen molar-refractivity contribution in [1.29, 1.82) is 0 Å². The quantitative estimate of drug-likeness (QED) is 0.277. The summed E-state index contributed by atoms with van der Waals surface area (Å²) in [7, 11) is -4.03. The maximum Gasteiger partial charge on any atom is 0.270 e. The van der Waals surface area contributed by atoms with Gasteiger partial charge >= 0.3 is 0 Å². The number of amides is 2. The van der Waals surface area contributed by atoms with Gasteiger partial charge < -0.3 is 15.5 Å². The lowest BCUT2D eigenvalue weighted by Crippen LogP contribution is -2.38. The smallest absolute Gasteiger partial charge is 0.270 e. The van der Waals surface area contributed by atoms with Crippen LogP contribution in [0.4, 0.5) is 5.69 Å². The maximum atomic E-state index is 13.6. The first-order valence-electron chi connectivity index (χ1n) is 11.7. The zero-order valence-corrected chi connectivity index (χ0v) is 20.8. The van der Waals surface area contributed by atoms with E-state index in [0.29, 0.717) is 11.2 Å². The molecule has 1 heterocycles. The second-order valence-corrected chi connectivity index (χ2v) is 11.3. The minimum atomic E-state index is -4.03. The van der Waals surface area contributed by atoms with Gasteiger partial charge in [0.05, 0.1) is 5.52 Å². The Morgan fingerprint density at radius 3 is 2.25 bits per heavy atom. The molecule has 2 amide bonds. The highest BCUT2D eigenvalue weighted by Crippen LogP contribution is 2.48. The molecule has 8 heteroatoms. The van der Waals surface area contributed by atoms with Crippen LogP contribution in [0.5, 0.6) is 0 Å². The molecule has 0 aliphatic carbocycles. The summed E-state index contributed by atoms with van der Waals surface area (Å²) in [6.07, 6.45) is -0.143. The van der Waals surface area contributed by atoms with E-state index in [-0.39, 0.29) is 24.2 Å². The van der Waals surface area contributed by atoms with Gasteiger partial charge in [-0.3, -0.25) is 14.2 Å². The highest BCUT2D eigenvalue weighted by molar-refractivity contribution is 7.58. The summed E-state index contributed by atoms with van der Waals surface area (Å²) in [6.45, 7) is 1.60. The number of anilines is 1. The van der Waals surface area contributed by atoms with Crippen molar-refractivity contribution < 1.29 is 19.0 Å². The number of hydrogen-bond donors (Lipinski definition) is 3. The lowest BCUT2D eigenvalue weighted by Gasteiger charge is -2.26. The zero-order valence-electron chi connectivity index (χ0n) is 19.9. The maximum absolute atomic E-state index is 13.6. The van der Waals surface area contributed by atoms with Gasteiger partial charge in [-0.15, -0.1) is 0 Å². The SMILES string of the molecule is CC(CP(=O)(O)C(Cc1ccccc1)NC(=O)c1ccc2ccccc2n1)C(=O)Nc1ccccc1. The molecule has 7 nitrogen and oxygen atoms in total. The van der Waals surface area contributed by atoms with E-state index in [4.69, 9.17) is 0 Å². The van der Waals surface area contributed by atoms with Crippen LogP contribution in [0.2, 0.25) is 0 Å². The van der Waals surface area contributed by atoms with E-state index in [9.17, 15) is 19.0 Å². The molecular formula is C28H28N3O4P. The van der Waals surface area contributed by atoms with Crippen molar-refractivity contribution in [2.45, 2.75) is 19.1 Å². The topological polar surface area (TPSA) is 108 Å². The summed E-state index contributed by atoms with van der Waals surface area (Å²) in [5.41, 5.74) is 2.22. The number of rotatable bonds is 9. The molecule has 36 heavy (non-hydrogen) atoms. The largest absolute Gasteiger partial charge is 0.343 e. The van der Waals surface area contributed by atoms with Crippen LogP contribution in [-0.4, -0.2) is 33.6 Å². The van der Waals surface area contributed by atoms with E-state index < -0.39 is 25.0 Å². The molecule has 3 unspecified atom stereocenters. The number of fused-ring (bicyclic) bond motifs is 1. The van der Waals surface area contributed by atoms with Gasteiger partial charge in [-0.25, -0.2) is 4.98 Å². The molecule has 0 radical (unpaired) electrons. The van der Waals surface area contributed by atoms with E-state index >= 15 is 0 Å². The van der Waals surface area contributed by atoms with Crippen molar-refractivity contribution in [2.24, 2.45) is 5.92 Å². The van der Waals surface area contributed by atoms with Crippen LogP contribution < -0.4 is 10.6 Å². The molecular weight excluding hydrogens is 473 g/mol. The predicted molar refractivity (Wildman–Crippen MR) is 142 cm³/mol. The Labute approximate surface area is 210 Å². The van der Waals surface area contributed by atoms with Gasteiger partial charge in [0.25, 0.3) is 5.91 Å². The number of carbonyl (C=O) groups is 2. The van der Waals surface area contributed by atoms with Crippen molar-refractivity contribution in [2.75, 3.05) is 11.5 Å². The molecule has 4 rings (SSSR count).